The number of ether oxygens (including phenoxy) is 1. The van der Waals surface area contributed by atoms with Crippen LogP contribution in [0.15, 0.2) is 41.9 Å². The van der Waals surface area contributed by atoms with Gasteiger partial charge in [0.05, 0.1) is 6.61 Å². The van der Waals surface area contributed by atoms with Crippen molar-refractivity contribution >= 4 is 11.7 Å². The number of Topliss-reactive ketones (excluding diaryl/α,β-unsaturated/α-hetero) is 1. The second-order valence-electron chi connectivity index (χ2n) is 7.36. The molecule has 0 unspecified atom stereocenters. The van der Waals surface area contributed by atoms with E-state index in [2.05, 4.69) is 29.2 Å². The minimum Gasteiger partial charge on any atom is -0.494 e. The third kappa shape index (κ3) is 2.62. The highest BCUT2D eigenvalue weighted by Crippen LogP contribution is 2.46. The maximum Gasteiger partial charge on any atom is 0.226 e. The molecule has 2 heterocycles. The van der Waals surface area contributed by atoms with E-state index in [-0.39, 0.29) is 17.2 Å². The summed E-state index contributed by atoms with van der Waals surface area (Å²) in [4.78, 5) is 17.4. The normalized spacial score (nSPS) is 21.4. The number of hydrogen-bond acceptors (Lipinski definition) is 5. The fraction of sp³-hybridized carbons (Fsp3) is 0.421. The lowest BCUT2D eigenvalue weighted by molar-refractivity contribution is -0.118. The first-order valence-electron chi connectivity index (χ1n) is 8.64. The van der Waals surface area contributed by atoms with E-state index in [0.29, 0.717) is 19.0 Å². The van der Waals surface area contributed by atoms with E-state index in [1.54, 1.807) is 4.68 Å². The maximum atomic E-state index is 13.0. The first kappa shape index (κ1) is 15.9. The van der Waals surface area contributed by atoms with E-state index in [1.165, 1.54) is 6.33 Å². The quantitative estimate of drug-likeness (QED) is 0.929. The van der Waals surface area contributed by atoms with Crippen molar-refractivity contribution in [2.24, 2.45) is 5.41 Å². The lowest BCUT2D eigenvalue weighted by atomic mass is 9.73. The van der Waals surface area contributed by atoms with Crippen LogP contribution in [0.1, 0.15) is 45.2 Å². The molecular weight excluding hydrogens is 316 g/mol. The van der Waals surface area contributed by atoms with Crippen LogP contribution < -0.4 is 10.1 Å². The molecule has 0 bridgehead atoms. The summed E-state index contributed by atoms with van der Waals surface area (Å²) < 4.78 is 7.61. The molecule has 0 radical (unpaired) electrons. The van der Waals surface area contributed by atoms with Gasteiger partial charge in [-0.05, 0) is 24.8 Å². The molecule has 2 aliphatic rings. The van der Waals surface area contributed by atoms with Gasteiger partial charge in [0.2, 0.25) is 5.95 Å². The molecule has 1 aliphatic heterocycles. The first-order valence-corrected chi connectivity index (χ1v) is 8.64. The molecule has 2 aromatic rings. The molecule has 6 nitrogen and oxygen atoms in total. The number of anilines is 1. The number of benzene rings is 1. The van der Waals surface area contributed by atoms with Crippen LogP contribution in [0.3, 0.4) is 0 Å². The first-order chi connectivity index (χ1) is 12.0. The summed E-state index contributed by atoms with van der Waals surface area (Å²) in [6.45, 7) is 6.77. The van der Waals surface area contributed by atoms with Crippen LogP contribution in [-0.2, 0) is 4.79 Å². The molecule has 0 fully saturated rings. The number of nitrogens with zero attached hydrogens (tertiary/aromatic N) is 3. The van der Waals surface area contributed by atoms with Crippen molar-refractivity contribution < 1.29 is 9.53 Å². The Morgan fingerprint density at radius 3 is 2.92 bits per heavy atom. The molecule has 1 aliphatic carbocycles. The summed E-state index contributed by atoms with van der Waals surface area (Å²) >= 11 is 0. The van der Waals surface area contributed by atoms with Gasteiger partial charge in [-0.1, -0.05) is 32.0 Å². The zero-order valence-electron chi connectivity index (χ0n) is 14.7. The summed E-state index contributed by atoms with van der Waals surface area (Å²) in [5.41, 5.74) is 2.62. The van der Waals surface area contributed by atoms with E-state index >= 15 is 0 Å². The number of hydrogen-bond donors (Lipinski definition) is 1. The van der Waals surface area contributed by atoms with Crippen LogP contribution >= 0.6 is 0 Å². The standard InChI is InChI=1S/C19H22N4O2/c1-4-25-15-8-6-5-7-12(15)17-16-13(9-19(2,3)10-14(16)24)22-18-20-11-21-23(17)18/h5-8,11,17H,4,9-10H2,1-3H3,(H,20,21,22)/t17-/m1/s1. The van der Waals surface area contributed by atoms with Crippen molar-refractivity contribution in [2.75, 3.05) is 11.9 Å². The van der Waals surface area contributed by atoms with Gasteiger partial charge in [-0.2, -0.15) is 10.1 Å². The third-order valence-corrected chi connectivity index (χ3v) is 4.79. The largest absolute Gasteiger partial charge is 0.494 e. The fourth-order valence-electron chi connectivity index (χ4n) is 3.83. The van der Waals surface area contributed by atoms with Crippen LogP contribution in [0, 0.1) is 5.41 Å². The number of rotatable bonds is 3. The summed E-state index contributed by atoms with van der Waals surface area (Å²) in [7, 11) is 0. The molecular formula is C19H22N4O2. The molecule has 1 aromatic heterocycles. The topological polar surface area (TPSA) is 69.0 Å². The molecule has 0 saturated carbocycles. The zero-order valence-corrected chi connectivity index (χ0v) is 14.7. The molecule has 25 heavy (non-hydrogen) atoms. The molecule has 130 valence electrons. The highest BCUT2D eigenvalue weighted by atomic mass is 16.5. The number of carbonyl (C=O) groups excluding carboxylic acids is 1. The van der Waals surface area contributed by atoms with Crippen molar-refractivity contribution in [3.63, 3.8) is 0 Å². The summed E-state index contributed by atoms with van der Waals surface area (Å²) in [5.74, 6) is 1.61. The van der Waals surface area contributed by atoms with Gasteiger partial charge in [-0.25, -0.2) is 4.68 Å². The lowest BCUT2D eigenvalue weighted by Crippen LogP contribution is -2.36. The Balaban J connectivity index is 1.91. The van der Waals surface area contributed by atoms with Crippen LogP contribution in [0.25, 0.3) is 0 Å². The van der Waals surface area contributed by atoms with Crippen LogP contribution in [0.4, 0.5) is 5.95 Å². The SMILES string of the molecule is CCOc1ccccc1[C@@H]1C2=C(CC(C)(C)CC2=O)Nc2ncnn21. The number of aromatic nitrogens is 3. The van der Waals surface area contributed by atoms with Crippen molar-refractivity contribution in [2.45, 2.75) is 39.7 Å². The summed E-state index contributed by atoms with van der Waals surface area (Å²) in [6.07, 6.45) is 2.87. The van der Waals surface area contributed by atoms with E-state index in [1.807, 2.05) is 31.2 Å². The number of para-hydroxylation sites is 1. The molecule has 0 saturated heterocycles. The smallest absolute Gasteiger partial charge is 0.226 e. The van der Waals surface area contributed by atoms with E-state index < -0.39 is 0 Å². The second kappa shape index (κ2) is 5.72. The predicted molar refractivity (Wildman–Crippen MR) is 94.4 cm³/mol. The highest BCUT2D eigenvalue weighted by molar-refractivity contribution is 6.00. The van der Waals surface area contributed by atoms with Gasteiger partial charge >= 0.3 is 0 Å². The number of nitrogens with one attached hydrogen (secondary N) is 1. The number of ketones is 1. The average Bonchev–Trinajstić information content (AvgIpc) is 3.01. The van der Waals surface area contributed by atoms with Crippen molar-refractivity contribution in [3.8, 4) is 5.75 Å². The zero-order chi connectivity index (χ0) is 17.6. The Hall–Kier alpha value is -2.63. The number of allylic oxidation sites excluding steroid dienone is 2. The van der Waals surface area contributed by atoms with Gasteiger partial charge in [-0.3, -0.25) is 4.79 Å². The van der Waals surface area contributed by atoms with E-state index in [0.717, 1.165) is 29.0 Å². The Kier molecular flexibility index (Phi) is 3.63. The molecule has 1 aromatic carbocycles. The van der Waals surface area contributed by atoms with Gasteiger partial charge in [0.1, 0.15) is 18.1 Å². The molecule has 6 heteroatoms. The summed E-state index contributed by atoms with van der Waals surface area (Å²) in [5, 5.41) is 7.70. The van der Waals surface area contributed by atoms with Crippen LogP contribution in [-0.4, -0.2) is 27.2 Å². The van der Waals surface area contributed by atoms with E-state index in [4.69, 9.17) is 4.74 Å². The van der Waals surface area contributed by atoms with Crippen molar-refractivity contribution in [1.29, 1.82) is 0 Å². The number of fused-ring (bicyclic) bond motifs is 1. The molecule has 0 amide bonds. The maximum absolute atomic E-state index is 13.0. The second-order valence-corrected chi connectivity index (χ2v) is 7.36. The lowest BCUT2D eigenvalue weighted by Gasteiger charge is -2.38. The summed E-state index contributed by atoms with van der Waals surface area (Å²) in [6, 6.07) is 7.55. The molecule has 1 N–H and O–H groups in total. The highest BCUT2D eigenvalue weighted by Gasteiger charge is 2.42. The van der Waals surface area contributed by atoms with Gasteiger partial charge in [0.25, 0.3) is 0 Å². The van der Waals surface area contributed by atoms with Gasteiger partial charge in [-0.15, -0.1) is 0 Å². The van der Waals surface area contributed by atoms with Gasteiger partial charge < -0.3 is 10.1 Å². The molecule has 0 spiro atoms. The Morgan fingerprint density at radius 1 is 1.32 bits per heavy atom. The fourth-order valence-corrected chi connectivity index (χ4v) is 3.83. The minimum absolute atomic E-state index is 0.0604. The average molecular weight is 338 g/mol. The monoisotopic (exact) mass is 338 g/mol. The van der Waals surface area contributed by atoms with Gasteiger partial charge in [0.15, 0.2) is 5.78 Å². The molecule has 1 atom stereocenters. The number of carbonyl (C=O) groups is 1. The van der Waals surface area contributed by atoms with Crippen molar-refractivity contribution in [1.82, 2.24) is 14.8 Å². The Morgan fingerprint density at radius 2 is 2.12 bits per heavy atom. The third-order valence-electron chi connectivity index (χ3n) is 4.79. The van der Waals surface area contributed by atoms with Crippen LogP contribution in [0.2, 0.25) is 0 Å². The predicted octanol–water partition coefficient (Wildman–Crippen LogP) is 3.33. The van der Waals surface area contributed by atoms with Crippen molar-refractivity contribution in [3.05, 3.63) is 47.4 Å². The Labute approximate surface area is 146 Å². The van der Waals surface area contributed by atoms with E-state index in [9.17, 15) is 4.79 Å². The van der Waals surface area contributed by atoms with Gasteiger partial charge in [0, 0.05) is 23.3 Å². The van der Waals surface area contributed by atoms with Crippen LogP contribution in [0.5, 0.6) is 5.75 Å². The molecule has 4 rings (SSSR count). The Bertz CT molecular complexity index is 866. The minimum atomic E-state index is -0.305.